The van der Waals surface area contributed by atoms with Crippen LogP contribution in [0, 0.1) is 11.8 Å². The molecule has 0 spiro atoms. The minimum Gasteiger partial charge on any atom is -0.392 e. The smallest absolute Gasteiger partial charge is 0.0721 e. The lowest BCUT2D eigenvalue weighted by atomic mass is 9.90. The van der Waals surface area contributed by atoms with E-state index in [0.717, 1.165) is 25.7 Å². The maximum absolute atomic E-state index is 10.1. The quantitative estimate of drug-likeness (QED) is 0.575. The van der Waals surface area contributed by atoms with Gasteiger partial charge in [-0.2, -0.15) is 0 Å². The lowest BCUT2D eigenvalue weighted by Gasteiger charge is -2.17. The van der Waals surface area contributed by atoms with Crippen LogP contribution in [0.3, 0.4) is 0 Å². The monoisotopic (exact) mass is 268 g/mol. The number of aliphatic hydroxyl groups excluding tert-OH is 2. The van der Waals surface area contributed by atoms with Crippen LogP contribution in [0.4, 0.5) is 0 Å². The van der Waals surface area contributed by atoms with Crippen LogP contribution in [0.15, 0.2) is 12.2 Å². The number of unbranched alkanes of at least 4 members (excludes halogenated alkanes) is 2. The van der Waals surface area contributed by atoms with E-state index < -0.39 is 0 Å². The van der Waals surface area contributed by atoms with Crippen molar-refractivity contribution in [1.29, 1.82) is 0 Å². The Hall–Kier alpha value is -0.380. The van der Waals surface area contributed by atoms with Crippen molar-refractivity contribution >= 4 is 0 Å². The molecule has 1 saturated carbocycles. The normalized spacial score (nSPS) is 39.9. The first-order valence-corrected chi connectivity index (χ1v) is 7.81. The second-order valence-electron chi connectivity index (χ2n) is 6.21. The first-order chi connectivity index (χ1) is 9.11. The van der Waals surface area contributed by atoms with E-state index in [2.05, 4.69) is 13.8 Å². The van der Waals surface area contributed by atoms with Crippen LogP contribution < -0.4 is 0 Å². The molecule has 2 N–H and O–H groups in total. The van der Waals surface area contributed by atoms with Crippen molar-refractivity contribution in [3.8, 4) is 0 Å². The molecule has 110 valence electrons. The van der Waals surface area contributed by atoms with Crippen LogP contribution >= 0.6 is 0 Å². The number of fused-ring (bicyclic) bond motifs is 1. The third-order valence-electron chi connectivity index (χ3n) is 4.56. The molecule has 0 aromatic heterocycles. The molecular formula is C16H28O3. The zero-order valence-corrected chi connectivity index (χ0v) is 12.2. The van der Waals surface area contributed by atoms with Crippen molar-refractivity contribution in [3.63, 3.8) is 0 Å². The molecular weight excluding hydrogens is 240 g/mol. The van der Waals surface area contributed by atoms with E-state index >= 15 is 0 Å². The van der Waals surface area contributed by atoms with Gasteiger partial charge >= 0.3 is 0 Å². The molecule has 19 heavy (non-hydrogen) atoms. The Morgan fingerprint density at radius 2 is 2.11 bits per heavy atom. The molecule has 1 saturated heterocycles. The summed E-state index contributed by atoms with van der Waals surface area (Å²) in [5.74, 6) is 0.597. The highest BCUT2D eigenvalue weighted by molar-refractivity contribution is 5.06. The van der Waals surface area contributed by atoms with Gasteiger partial charge in [0.1, 0.15) is 0 Å². The van der Waals surface area contributed by atoms with E-state index in [-0.39, 0.29) is 24.2 Å². The summed E-state index contributed by atoms with van der Waals surface area (Å²) in [6.07, 6.45) is 9.81. The molecule has 2 rings (SSSR count). The fraction of sp³-hybridized carbons (Fsp3) is 0.875. The van der Waals surface area contributed by atoms with Gasteiger partial charge in [0.2, 0.25) is 0 Å². The van der Waals surface area contributed by atoms with Crippen LogP contribution in [-0.4, -0.2) is 34.6 Å². The summed E-state index contributed by atoms with van der Waals surface area (Å²) >= 11 is 0. The van der Waals surface area contributed by atoms with Crippen molar-refractivity contribution in [1.82, 2.24) is 0 Å². The van der Waals surface area contributed by atoms with Crippen LogP contribution in [0.5, 0.6) is 0 Å². The third kappa shape index (κ3) is 3.80. The highest BCUT2D eigenvalue weighted by Gasteiger charge is 2.46. The van der Waals surface area contributed by atoms with Gasteiger partial charge in [-0.3, -0.25) is 0 Å². The van der Waals surface area contributed by atoms with Gasteiger partial charge < -0.3 is 14.9 Å². The van der Waals surface area contributed by atoms with Crippen LogP contribution in [-0.2, 0) is 4.74 Å². The molecule has 0 radical (unpaired) electrons. The first kappa shape index (κ1) is 15.0. The minimum atomic E-state index is -0.363. The predicted molar refractivity (Wildman–Crippen MR) is 75.8 cm³/mol. The summed E-state index contributed by atoms with van der Waals surface area (Å²) in [7, 11) is 0. The molecule has 2 fully saturated rings. The highest BCUT2D eigenvalue weighted by atomic mass is 16.5. The van der Waals surface area contributed by atoms with Crippen LogP contribution in [0.2, 0.25) is 0 Å². The lowest BCUT2D eigenvalue weighted by Crippen LogP contribution is -2.18. The van der Waals surface area contributed by atoms with E-state index in [1.807, 2.05) is 12.2 Å². The number of hydrogen-bond acceptors (Lipinski definition) is 3. The second kappa shape index (κ2) is 6.87. The Morgan fingerprint density at radius 3 is 2.84 bits per heavy atom. The Labute approximate surface area is 116 Å². The second-order valence-corrected chi connectivity index (χ2v) is 6.21. The number of ether oxygens (including phenoxy) is 1. The Kier molecular flexibility index (Phi) is 5.43. The molecule has 6 atom stereocenters. The summed E-state index contributed by atoms with van der Waals surface area (Å²) in [6.45, 7) is 4.27. The molecule has 2 aliphatic rings. The average molecular weight is 268 g/mol. The van der Waals surface area contributed by atoms with Gasteiger partial charge in [0, 0.05) is 12.3 Å². The summed E-state index contributed by atoms with van der Waals surface area (Å²) in [6, 6.07) is 0. The Morgan fingerprint density at radius 1 is 1.32 bits per heavy atom. The van der Waals surface area contributed by atoms with Crippen molar-refractivity contribution in [2.24, 2.45) is 11.8 Å². The van der Waals surface area contributed by atoms with E-state index in [1.165, 1.54) is 12.8 Å². The van der Waals surface area contributed by atoms with Gasteiger partial charge in [-0.15, -0.1) is 0 Å². The van der Waals surface area contributed by atoms with Crippen molar-refractivity contribution in [2.45, 2.75) is 76.8 Å². The SMILES string of the molecule is CCCCC[C@H](O)/C=C/C1[C@H](O)C[C@@H]2OC(C)C[C@H]12. The molecule has 1 heterocycles. The van der Waals surface area contributed by atoms with Gasteiger partial charge in [0.25, 0.3) is 0 Å². The Bertz CT molecular complexity index is 302. The molecule has 3 heteroatoms. The van der Waals surface area contributed by atoms with Gasteiger partial charge in [0.05, 0.1) is 24.4 Å². The largest absolute Gasteiger partial charge is 0.392 e. The van der Waals surface area contributed by atoms with E-state index in [9.17, 15) is 10.2 Å². The van der Waals surface area contributed by atoms with E-state index in [4.69, 9.17) is 4.74 Å². The third-order valence-corrected chi connectivity index (χ3v) is 4.56. The maximum atomic E-state index is 10.1. The molecule has 0 aromatic carbocycles. The molecule has 0 aromatic rings. The maximum Gasteiger partial charge on any atom is 0.0721 e. The van der Waals surface area contributed by atoms with Crippen molar-refractivity contribution in [3.05, 3.63) is 12.2 Å². The van der Waals surface area contributed by atoms with Gasteiger partial charge in [-0.25, -0.2) is 0 Å². The number of aliphatic hydroxyl groups is 2. The molecule has 0 amide bonds. The Balaban J connectivity index is 1.83. The predicted octanol–water partition coefficient (Wildman–Crippen LogP) is 2.66. The standard InChI is InChI=1S/C16H28O3/c1-3-4-5-6-12(17)7-8-13-14-9-11(2)19-16(14)10-15(13)18/h7-8,11-18H,3-6,9-10H2,1-2H3/b8-7+/t11?,12-,13?,14+,15+,16-/m0/s1. The average Bonchev–Trinajstić information content (AvgIpc) is 2.82. The summed E-state index contributed by atoms with van der Waals surface area (Å²) in [4.78, 5) is 0. The fourth-order valence-electron chi connectivity index (χ4n) is 3.53. The summed E-state index contributed by atoms with van der Waals surface area (Å²) < 4.78 is 5.82. The van der Waals surface area contributed by atoms with Gasteiger partial charge in [0.15, 0.2) is 0 Å². The van der Waals surface area contributed by atoms with Crippen LogP contribution in [0.25, 0.3) is 0 Å². The highest BCUT2D eigenvalue weighted by Crippen LogP contribution is 2.43. The molecule has 1 aliphatic carbocycles. The zero-order chi connectivity index (χ0) is 13.8. The van der Waals surface area contributed by atoms with Gasteiger partial charge in [-0.1, -0.05) is 38.3 Å². The molecule has 2 unspecified atom stereocenters. The van der Waals surface area contributed by atoms with E-state index in [1.54, 1.807) is 0 Å². The fourth-order valence-corrected chi connectivity index (χ4v) is 3.53. The summed E-state index contributed by atoms with van der Waals surface area (Å²) in [5, 5.41) is 20.0. The van der Waals surface area contributed by atoms with Crippen molar-refractivity contribution < 1.29 is 14.9 Å². The van der Waals surface area contributed by atoms with Crippen molar-refractivity contribution in [2.75, 3.05) is 0 Å². The van der Waals surface area contributed by atoms with Gasteiger partial charge in [-0.05, 0) is 25.7 Å². The first-order valence-electron chi connectivity index (χ1n) is 7.81. The number of hydrogen-bond donors (Lipinski definition) is 2. The topological polar surface area (TPSA) is 49.7 Å². The molecule has 1 aliphatic heterocycles. The summed E-state index contributed by atoms with van der Waals surface area (Å²) in [5.41, 5.74) is 0. The lowest BCUT2D eigenvalue weighted by molar-refractivity contribution is 0.0372. The zero-order valence-electron chi connectivity index (χ0n) is 12.2. The van der Waals surface area contributed by atoms with Crippen LogP contribution in [0.1, 0.15) is 52.4 Å². The molecule has 0 bridgehead atoms. The minimum absolute atomic E-state index is 0.163. The number of rotatable bonds is 6. The van der Waals surface area contributed by atoms with E-state index in [0.29, 0.717) is 12.0 Å². The molecule has 3 nitrogen and oxygen atoms in total.